The third kappa shape index (κ3) is 4.55. The predicted molar refractivity (Wildman–Crippen MR) is 125 cm³/mol. The van der Waals surface area contributed by atoms with Crippen LogP contribution in [0.25, 0.3) is 11.1 Å². The van der Waals surface area contributed by atoms with Gasteiger partial charge in [0.25, 0.3) is 11.8 Å². The van der Waals surface area contributed by atoms with Crippen LogP contribution in [-0.4, -0.2) is 70.6 Å². The zero-order valence-electron chi connectivity index (χ0n) is 18.9. The van der Waals surface area contributed by atoms with Crippen molar-refractivity contribution in [2.75, 3.05) is 31.5 Å². The molecule has 3 amide bonds. The van der Waals surface area contributed by atoms with Crippen molar-refractivity contribution in [2.24, 2.45) is 5.92 Å². The van der Waals surface area contributed by atoms with E-state index >= 15 is 0 Å². The highest BCUT2D eigenvalue weighted by Crippen LogP contribution is 2.37. The average Bonchev–Trinajstić information content (AvgIpc) is 3.60. The first-order valence-electron chi connectivity index (χ1n) is 11.8. The third-order valence-corrected chi connectivity index (χ3v) is 7.02. The number of rotatable bonds is 5. The van der Waals surface area contributed by atoms with Gasteiger partial charge in [0.1, 0.15) is 11.8 Å². The van der Waals surface area contributed by atoms with Gasteiger partial charge in [-0.05, 0) is 61.1 Å². The normalized spacial score (nSPS) is 23.1. The largest absolute Gasteiger partial charge is 0.380 e. The van der Waals surface area contributed by atoms with Crippen molar-refractivity contribution in [1.82, 2.24) is 9.80 Å². The van der Waals surface area contributed by atoms with Crippen molar-refractivity contribution in [2.45, 2.75) is 37.5 Å². The van der Waals surface area contributed by atoms with Gasteiger partial charge in [0.05, 0.1) is 0 Å². The molecule has 2 aromatic rings. The van der Waals surface area contributed by atoms with Crippen molar-refractivity contribution in [3.8, 4) is 11.1 Å². The van der Waals surface area contributed by atoms with Crippen molar-refractivity contribution in [1.29, 1.82) is 0 Å². The first-order valence-corrected chi connectivity index (χ1v) is 11.8. The minimum atomic E-state index is -1.17. The summed E-state index contributed by atoms with van der Waals surface area (Å²) in [4.78, 5) is 40.8. The first-order chi connectivity index (χ1) is 16.3. The molecule has 0 bridgehead atoms. The van der Waals surface area contributed by atoms with E-state index in [1.165, 1.54) is 0 Å². The molecule has 178 valence electrons. The van der Waals surface area contributed by atoms with Gasteiger partial charge in [-0.2, -0.15) is 0 Å². The quantitative estimate of drug-likeness (QED) is 0.711. The van der Waals surface area contributed by atoms with Crippen LogP contribution < -0.4 is 5.32 Å². The smallest absolute Gasteiger partial charge is 0.254 e. The van der Waals surface area contributed by atoms with Crippen molar-refractivity contribution >= 4 is 23.4 Å². The highest BCUT2D eigenvalue weighted by Gasteiger charge is 2.50. The van der Waals surface area contributed by atoms with E-state index in [4.69, 9.17) is 0 Å². The summed E-state index contributed by atoms with van der Waals surface area (Å²) < 4.78 is 13.0. The van der Waals surface area contributed by atoms with Crippen LogP contribution in [0.1, 0.15) is 36.0 Å². The molecular weight excluding hydrogens is 437 g/mol. The Labute approximate surface area is 197 Å². The summed E-state index contributed by atoms with van der Waals surface area (Å²) >= 11 is 0. The van der Waals surface area contributed by atoms with Crippen molar-refractivity contribution in [3.05, 3.63) is 54.1 Å². The predicted octanol–water partition coefficient (Wildman–Crippen LogP) is 2.85. The fourth-order valence-corrected chi connectivity index (χ4v) is 4.51. The molecule has 2 saturated carbocycles. The minimum Gasteiger partial charge on any atom is -0.380 e. The molecule has 8 heteroatoms. The summed E-state index contributed by atoms with van der Waals surface area (Å²) in [6.45, 7) is 1.73. The van der Waals surface area contributed by atoms with Crippen LogP contribution in [0.4, 0.5) is 10.1 Å². The summed E-state index contributed by atoms with van der Waals surface area (Å²) in [7, 11) is 0. The zero-order chi connectivity index (χ0) is 23.9. The van der Waals surface area contributed by atoms with E-state index < -0.39 is 11.8 Å². The van der Waals surface area contributed by atoms with E-state index in [0.717, 1.165) is 11.1 Å². The zero-order valence-corrected chi connectivity index (χ0v) is 18.9. The van der Waals surface area contributed by atoms with E-state index in [1.807, 2.05) is 30.3 Å². The lowest BCUT2D eigenvalue weighted by Crippen LogP contribution is -2.53. The van der Waals surface area contributed by atoms with Gasteiger partial charge in [0.15, 0.2) is 0 Å². The van der Waals surface area contributed by atoms with Gasteiger partial charge in [0.2, 0.25) is 5.91 Å². The number of carbonyl (C=O) groups is 3. The fraction of sp³-hybridized carbons (Fsp3) is 0.423. The van der Waals surface area contributed by atoms with E-state index in [2.05, 4.69) is 5.32 Å². The Morgan fingerprint density at radius 2 is 1.56 bits per heavy atom. The summed E-state index contributed by atoms with van der Waals surface area (Å²) in [5.74, 6) is -0.722. The maximum Gasteiger partial charge on any atom is 0.254 e. The highest BCUT2D eigenvalue weighted by molar-refractivity contribution is 5.96. The molecule has 1 saturated heterocycles. The molecular formula is C26H28FN3O4. The van der Waals surface area contributed by atoms with Crippen LogP contribution in [0.15, 0.2) is 48.5 Å². The molecule has 0 atom stereocenters. The maximum absolute atomic E-state index is 13.0. The Balaban J connectivity index is 1.19. The average molecular weight is 466 g/mol. The molecule has 3 fully saturated rings. The Bertz CT molecular complexity index is 1100. The maximum atomic E-state index is 13.0. The number of carbonyl (C=O) groups excluding carboxylic acids is 3. The molecule has 2 N–H and O–H groups in total. The molecule has 0 unspecified atom stereocenters. The summed E-state index contributed by atoms with van der Waals surface area (Å²) in [6.07, 6.45) is 0.743. The first kappa shape index (κ1) is 22.5. The number of amides is 3. The number of nitrogens with one attached hydrogen (secondary N) is 1. The molecule has 34 heavy (non-hydrogen) atoms. The molecule has 0 spiro atoms. The number of alkyl halides is 1. The van der Waals surface area contributed by atoms with Crippen molar-refractivity contribution < 1.29 is 23.9 Å². The second kappa shape index (κ2) is 8.83. The lowest BCUT2D eigenvalue weighted by Gasteiger charge is -2.35. The molecule has 7 nitrogen and oxygen atoms in total. The van der Waals surface area contributed by atoms with Crippen molar-refractivity contribution in [3.63, 3.8) is 0 Å². The number of aliphatic hydroxyl groups is 1. The molecule has 5 rings (SSSR count). The summed E-state index contributed by atoms with van der Waals surface area (Å²) in [6, 6.07) is 14.7. The van der Waals surface area contributed by atoms with Gasteiger partial charge in [0, 0.05) is 43.3 Å². The highest BCUT2D eigenvalue weighted by atomic mass is 19.1. The number of anilines is 1. The number of hydrogen-bond donors (Lipinski definition) is 2. The molecule has 2 aliphatic carbocycles. The van der Waals surface area contributed by atoms with E-state index in [1.54, 1.807) is 28.0 Å². The number of hydrogen-bond acceptors (Lipinski definition) is 4. The second-order valence-corrected chi connectivity index (χ2v) is 9.53. The number of benzene rings is 2. The standard InChI is InChI=1S/C26H28FN3O4/c27-21-14-20(15-21)23(31)28-22-3-1-2-19(16-22)17-4-6-18(7-5-17)24(32)29-10-12-30(13-11-29)25(33)26(34)8-9-26/h1-7,16,20-21,34H,8-15H2,(H,28,31). The van der Waals surface area contributed by atoms with Crippen LogP contribution in [0.5, 0.6) is 0 Å². The number of halogens is 1. The monoisotopic (exact) mass is 465 g/mol. The van der Waals surface area contributed by atoms with Gasteiger partial charge in [-0.25, -0.2) is 4.39 Å². The Hall–Kier alpha value is -3.26. The molecule has 1 heterocycles. The Morgan fingerprint density at radius 3 is 2.18 bits per heavy atom. The van der Waals surface area contributed by atoms with Gasteiger partial charge >= 0.3 is 0 Å². The van der Waals surface area contributed by atoms with E-state index in [0.29, 0.717) is 50.3 Å². The lowest BCUT2D eigenvalue weighted by molar-refractivity contribution is -0.143. The lowest BCUT2D eigenvalue weighted by atomic mass is 9.83. The molecule has 1 aliphatic heterocycles. The molecule has 0 aromatic heterocycles. The second-order valence-electron chi connectivity index (χ2n) is 9.53. The molecule has 3 aliphatic rings. The number of nitrogens with zero attached hydrogens (tertiary/aromatic N) is 2. The van der Waals surface area contributed by atoms with Gasteiger partial charge in [-0.3, -0.25) is 14.4 Å². The minimum absolute atomic E-state index is 0.0866. The van der Waals surface area contributed by atoms with E-state index in [9.17, 15) is 23.9 Å². The van der Waals surface area contributed by atoms with Crippen LogP contribution in [0.3, 0.4) is 0 Å². The Kier molecular flexibility index (Phi) is 5.85. The van der Waals surface area contributed by atoms with E-state index in [-0.39, 0.29) is 36.5 Å². The summed E-state index contributed by atoms with van der Waals surface area (Å²) in [5, 5.41) is 12.9. The van der Waals surface area contributed by atoms with Crippen LogP contribution in [0.2, 0.25) is 0 Å². The Morgan fingerprint density at radius 1 is 0.912 bits per heavy atom. The topological polar surface area (TPSA) is 90.0 Å². The van der Waals surface area contributed by atoms with Crippen LogP contribution in [-0.2, 0) is 9.59 Å². The van der Waals surface area contributed by atoms with Gasteiger partial charge in [-0.15, -0.1) is 0 Å². The van der Waals surface area contributed by atoms with Crippen LogP contribution in [0, 0.1) is 5.92 Å². The molecule has 2 aromatic carbocycles. The van der Waals surface area contributed by atoms with Gasteiger partial charge < -0.3 is 20.2 Å². The van der Waals surface area contributed by atoms with Crippen LogP contribution >= 0.6 is 0 Å². The van der Waals surface area contributed by atoms with Gasteiger partial charge in [-0.1, -0.05) is 24.3 Å². The fourth-order valence-electron chi connectivity index (χ4n) is 4.51. The molecule has 0 radical (unpaired) electrons. The number of piperazine rings is 1. The summed E-state index contributed by atoms with van der Waals surface area (Å²) in [5.41, 5.74) is 1.87. The third-order valence-electron chi connectivity index (χ3n) is 7.02. The SMILES string of the molecule is O=C(Nc1cccc(-c2ccc(C(=O)N3CCN(C(=O)C4(O)CC4)CC3)cc2)c1)C1CC(F)C1.